The summed E-state index contributed by atoms with van der Waals surface area (Å²) in [7, 11) is 0. The number of rotatable bonds is 3. The smallest absolute Gasteiger partial charge is 0.326 e. The Labute approximate surface area is 115 Å². The van der Waals surface area contributed by atoms with E-state index in [1.807, 2.05) is 0 Å². The van der Waals surface area contributed by atoms with E-state index in [2.05, 4.69) is 10.6 Å². The van der Waals surface area contributed by atoms with E-state index in [-0.39, 0.29) is 5.91 Å². The largest absolute Gasteiger partial charge is 0.416 e. The summed E-state index contributed by atoms with van der Waals surface area (Å²) in [5.74, 6) is 0.150. The van der Waals surface area contributed by atoms with Crippen molar-refractivity contribution in [1.29, 1.82) is 0 Å². The van der Waals surface area contributed by atoms with E-state index >= 15 is 0 Å². The summed E-state index contributed by atoms with van der Waals surface area (Å²) >= 11 is 0. The molecular weight excluding hydrogens is 269 g/mol. The average molecular weight is 286 g/mol. The van der Waals surface area contributed by atoms with Crippen molar-refractivity contribution >= 4 is 11.6 Å². The van der Waals surface area contributed by atoms with E-state index in [1.165, 1.54) is 12.1 Å². The second-order valence-corrected chi connectivity index (χ2v) is 5.04. The van der Waals surface area contributed by atoms with E-state index in [9.17, 15) is 18.0 Å². The molecule has 1 aromatic rings. The lowest BCUT2D eigenvalue weighted by molar-refractivity contribution is -0.137. The van der Waals surface area contributed by atoms with Gasteiger partial charge in [0.1, 0.15) is 0 Å². The molecule has 110 valence electrons. The van der Waals surface area contributed by atoms with Crippen molar-refractivity contribution < 1.29 is 18.0 Å². The van der Waals surface area contributed by atoms with Gasteiger partial charge in [-0.1, -0.05) is 0 Å². The van der Waals surface area contributed by atoms with Crippen molar-refractivity contribution in [1.82, 2.24) is 5.32 Å². The molecule has 1 atom stereocenters. The SMILES string of the molecule is O=C(CC1CCCNC1)Nc1ccc(C(F)(F)F)cc1. The molecule has 0 saturated carbocycles. The van der Waals surface area contributed by atoms with Gasteiger partial charge in [-0.2, -0.15) is 13.2 Å². The van der Waals surface area contributed by atoms with Crippen LogP contribution in [0, 0.1) is 5.92 Å². The number of nitrogens with one attached hydrogen (secondary N) is 2. The molecule has 20 heavy (non-hydrogen) atoms. The first-order valence-electron chi connectivity index (χ1n) is 6.63. The molecule has 0 spiro atoms. The summed E-state index contributed by atoms with van der Waals surface area (Å²) in [6, 6.07) is 4.50. The minimum atomic E-state index is -4.35. The van der Waals surface area contributed by atoms with E-state index in [0.717, 1.165) is 38.1 Å². The van der Waals surface area contributed by atoms with Crippen LogP contribution in [-0.4, -0.2) is 19.0 Å². The highest BCUT2D eigenvalue weighted by Crippen LogP contribution is 2.29. The number of anilines is 1. The highest BCUT2D eigenvalue weighted by Gasteiger charge is 2.30. The van der Waals surface area contributed by atoms with Gasteiger partial charge in [0.2, 0.25) is 5.91 Å². The number of amides is 1. The first-order valence-corrected chi connectivity index (χ1v) is 6.63. The van der Waals surface area contributed by atoms with Crippen molar-refractivity contribution in [3.05, 3.63) is 29.8 Å². The van der Waals surface area contributed by atoms with Crippen LogP contribution in [0.2, 0.25) is 0 Å². The van der Waals surface area contributed by atoms with Crippen LogP contribution < -0.4 is 10.6 Å². The van der Waals surface area contributed by atoms with E-state index in [4.69, 9.17) is 0 Å². The topological polar surface area (TPSA) is 41.1 Å². The lowest BCUT2D eigenvalue weighted by Crippen LogP contribution is -2.32. The third-order valence-electron chi connectivity index (χ3n) is 3.37. The van der Waals surface area contributed by atoms with E-state index < -0.39 is 11.7 Å². The maximum atomic E-state index is 12.4. The van der Waals surface area contributed by atoms with E-state index in [0.29, 0.717) is 18.0 Å². The Balaban J connectivity index is 1.87. The van der Waals surface area contributed by atoms with Crippen LogP contribution in [0.1, 0.15) is 24.8 Å². The highest BCUT2D eigenvalue weighted by molar-refractivity contribution is 5.90. The van der Waals surface area contributed by atoms with Gasteiger partial charge in [-0.15, -0.1) is 0 Å². The van der Waals surface area contributed by atoms with Gasteiger partial charge in [-0.25, -0.2) is 0 Å². The zero-order valence-corrected chi connectivity index (χ0v) is 11.0. The predicted octanol–water partition coefficient (Wildman–Crippen LogP) is 3.03. The van der Waals surface area contributed by atoms with Gasteiger partial charge in [-0.3, -0.25) is 4.79 Å². The summed E-state index contributed by atoms with van der Waals surface area (Å²) < 4.78 is 37.2. The van der Waals surface area contributed by atoms with Crippen molar-refractivity contribution in [2.24, 2.45) is 5.92 Å². The quantitative estimate of drug-likeness (QED) is 0.896. The molecule has 6 heteroatoms. The molecule has 1 unspecified atom stereocenters. The van der Waals surface area contributed by atoms with Crippen LogP contribution >= 0.6 is 0 Å². The summed E-state index contributed by atoms with van der Waals surface area (Å²) in [5, 5.41) is 5.86. The van der Waals surface area contributed by atoms with Crippen LogP contribution in [-0.2, 0) is 11.0 Å². The van der Waals surface area contributed by atoms with Crippen LogP contribution in [0.4, 0.5) is 18.9 Å². The molecule has 1 amide bonds. The van der Waals surface area contributed by atoms with Gasteiger partial charge < -0.3 is 10.6 Å². The minimum absolute atomic E-state index is 0.154. The van der Waals surface area contributed by atoms with Gasteiger partial charge in [-0.05, 0) is 56.1 Å². The number of piperidine rings is 1. The van der Waals surface area contributed by atoms with Crippen molar-refractivity contribution in [3.63, 3.8) is 0 Å². The molecule has 2 rings (SSSR count). The minimum Gasteiger partial charge on any atom is -0.326 e. The summed E-state index contributed by atoms with van der Waals surface area (Å²) in [4.78, 5) is 11.8. The molecule has 3 nitrogen and oxygen atoms in total. The first kappa shape index (κ1) is 14.8. The molecule has 2 N–H and O–H groups in total. The molecular formula is C14H17F3N2O. The highest BCUT2D eigenvalue weighted by atomic mass is 19.4. The average Bonchev–Trinajstić information content (AvgIpc) is 2.39. The van der Waals surface area contributed by atoms with Gasteiger partial charge >= 0.3 is 6.18 Å². The number of carbonyl (C=O) groups excluding carboxylic acids is 1. The molecule has 0 aliphatic carbocycles. The van der Waals surface area contributed by atoms with Gasteiger partial charge in [0.25, 0.3) is 0 Å². The second-order valence-electron chi connectivity index (χ2n) is 5.04. The summed E-state index contributed by atoms with van der Waals surface area (Å²) in [5.41, 5.74) is -0.321. The molecule has 1 heterocycles. The van der Waals surface area contributed by atoms with Gasteiger partial charge in [0, 0.05) is 12.1 Å². The molecule has 0 radical (unpaired) electrons. The molecule has 1 fully saturated rings. The zero-order valence-electron chi connectivity index (χ0n) is 11.0. The van der Waals surface area contributed by atoms with Crippen molar-refractivity contribution in [3.8, 4) is 0 Å². The lowest BCUT2D eigenvalue weighted by atomic mass is 9.96. The number of benzene rings is 1. The summed E-state index contributed by atoms with van der Waals surface area (Å²) in [6.45, 7) is 1.80. The lowest BCUT2D eigenvalue weighted by Gasteiger charge is -2.22. The standard InChI is InChI=1S/C14H17F3N2O/c15-14(16,17)11-3-5-12(6-4-11)19-13(20)8-10-2-1-7-18-9-10/h3-6,10,18H,1-2,7-9H2,(H,19,20). The number of halogens is 3. The van der Waals surface area contributed by atoms with Crippen molar-refractivity contribution in [2.45, 2.75) is 25.4 Å². The Morgan fingerprint density at radius 2 is 2.00 bits per heavy atom. The number of carbonyl (C=O) groups is 1. The fourth-order valence-corrected chi connectivity index (χ4v) is 2.31. The van der Waals surface area contributed by atoms with Gasteiger partial charge in [0.15, 0.2) is 0 Å². The number of hydrogen-bond donors (Lipinski definition) is 2. The predicted molar refractivity (Wildman–Crippen MR) is 70.3 cm³/mol. The summed E-state index contributed by atoms with van der Waals surface area (Å²) in [6.07, 6.45) is -1.89. The Hall–Kier alpha value is -1.56. The monoisotopic (exact) mass is 286 g/mol. The fraction of sp³-hybridized carbons (Fsp3) is 0.500. The third-order valence-corrected chi connectivity index (χ3v) is 3.37. The molecule has 1 aliphatic heterocycles. The van der Waals surface area contributed by atoms with Crippen molar-refractivity contribution in [2.75, 3.05) is 18.4 Å². The van der Waals surface area contributed by atoms with Crippen LogP contribution in [0.15, 0.2) is 24.3 Å². The van der Waals surface area contributed by atoms with Crippen LogP contribution in [0.5, 0.6) is 0 Å². The molecule has 1 aliphatic rings. The third kappa shape index (κ3) is 4.23. The second kappa shape index (κ2) is 6.26. The van der Waals surface area contributed by atoms with Crippen LogP contribution in [0.3, 0.4) is 0 Å². The Morgan fingerprint density at radius 1 is 1.30 bits per heavy atom. The maximum absolute atomic E-state index is 12.4. The normalized spacial score (nSPS) is 19.6. The van der Waals surface area contributed by atoms with Gasteiger partial charge in [0.05, 0.1) is 5.56 Å². The Kier molecular flexibility index (Phi) is 4.65. The Morgan fingerprint density at radius 3 is 2.55 bits per heavy atom. The number of alkyl halides is 3. The van der Waals surface area contributed by atoms with E-state index in [1.54, 1.807) is 0 Å². The fourth-order valence-electron chi connectivity index (χ4n) is 2.31. The van der Waals surface area contributed by atoms with Crippen LogP contribution in [0.25, 0.3) is 0 Å². The molecule has 0 bridgehead atoms. The molecule has 1 saturated heterocycles. The number of hydrogen-bond acceptors (Lipinski definition) is 2. The maximum Gasteiger partial charge on any atom is 0.416 e. The molecule has 0 aromatic heterocycles. The first-order chi connectivity index (χ1) is 9.45. The molecule has 1 aromatic carbocycles. The Bertz CT molecular complexity index is 450. The zero-order chi connectivity index (χ0) is 14.6.